The molecule has 0 aliphatic heterocycles. The van der Waals surface area contributed by atoms with Gasteiger partial charge in [-0.2, -0.15) is 0 Å². The van der Waals surface area contributed by atoms with Gasteiger partial charge in [-0.05, 0) is 35.0 Å². The predicted octanol–water partition coefficient (Wildman–Crippen LogP) is 4.35. The number of ether oxygens (including phenoxy) is 2. The molecule has 0 bridgehead atoms. The maximum atomic E-state index is 5.91. The lowest BCUT2D eigenvalue weighted by molar-refractivity contribution is 0.217. The topological polar surface area (TPSA) is 31.4 Å². The normalized spacial score (nSPS) is 10.5. The molecule has 0 saturated heterocycles. The number of halogens is 1. The molecule has 0 unspecified atom stereocenters. The molecule has 1 aromatic heterocycles. The van der Waals surface area contributed by atoms with E-state index >= 15 is 0 Å². The number of rotatable bonds is 5. The fourth-order valence-corrected chi connectivity index (χ4v) is 2.22. The van der Waals surface area contributed by atoms with E-state index in [2.05, 4.69) is 17.1 Å². The van der Waals surface area contributed by atoms with Gasteiger partial charge in [-0.3, -0.25) is 0 Å². The van der Waals surface area contributed by atoms with Crippen LogP contribution in [0.15, 0.2) is 60.8 Å². The highest BCUT2D eigenvalue weighted by atomic mass is 35.5. The highest BCUT2D eigenvalue weighted by Crippen LogP contribution is 2.21. The zero-order chi connectivity index (χ0) is 14.5. The minimum absolute atomic E-state index is 0.364. The fraction of sp³-hybridized carbons (Fsp3) is 0.118. The highest BCUT2D eigenvalue weighted by molar-refractivity contribution is 6.30. The average Bonchev–Trinajstić information content (AvgIpc) is 2.53. The van der Waals surface area contributed by atoms with Gasteiger partial charge < -0.3 is 9.47 Å². The maximum Gasteiger partial charge on any atom is 0.171 e. The molecule has 3 rings (SSSR count). The molecule has 2 aromatic carbocycles. The number of fused-ring (bicyclic) bond motifs is 1. The highest BCUT2D eigenvalue weighted by Gasteiger charge is 2.01. The molecule has 0 radical (unpaired) electrons. The van der Waals surface area contributed by atoms with Crippen molar-refractivity contribution in [2.24, 2.45) is 0 Å². The molecule has 0 N–H and O–H groups in total. The van der Waals surface area contributed by atoms with Crippen LogP contribution in [0, 0.1) is 0 Å². The van der Waals surface area contributed by atoms with Gasteiger partial charge in [0, 0.05) is 6.20 Å². The van der Waals surface area contributed by atoms with Crippen molar-refractivity contribution in [2.45, 2.75) is 0 Å². The van der Waals surface area contributed by atoms with E-state index in [1.807, 2.05) is 30.3 Å². The van der Waals surface area contributed by atoms with Gasteiger partial charge in [-0.25, -0.2) is 4.98 Å². The smallest absolute Gasteiger partial charge is 0.171 e. The van der Waals surface area contributed by atoms with E-state index in [0.717, 1.165) is 11.1 Å². The van der Waals surface area contributed by atoms with Gasteiger partial charge in [0.1, 0.15) is 19.0 Å². The molecule has 0 spiro atoms. The van der Waals surface area contributed by atoms with Crippen LogP contribution in [-0.4, -0.2) is 18.2 Å². The van der Waals surface area contributed by atoms with E-state index in [9.17, 15) is 0 Å². The predicted molar refractivity (Wildman–Crippen MR) is 84.2 cm³/mol. The van der Waals surface area contributed by atoms with Crippen LogP contribution < -0.4 is 9.47 Å². The van der Waals surface area contributed by atoms with Gasteiger partial charge in [0.25, 0.3) is 0 Å². The quantitative estimate of drug-likeness (QED) is 0.518. The fourth-order valence-electron chi connectivity index (χ4n) is 2.05. The zero-order valence-electron chi connectivity index (χ0n) is 11.3. The summed E-state index contributed by atoms with van der Waals surface area (Å²) in [6.45, 7) is 0.863. The van der Waals surface area contributed by atoms with Crippen LogP contribution in [0.1, 0.15) is 0 Å². The molecule has 106 valence electrons. The average molecular weight is 300 g/mol. The second-order valence-electron chi connectivity index (χ2n) is 4.50. The Bertz CT molecular complexity index is 745. The van der Waals surface area contributed by atoms with Crippen molar-refractivity contribution in [2.75, 3.05) is 13.2 Å². The first kappa shape index (κ1) is 13.7. The van der Waals surface area contributed by atoms with E-state index in [0.29, 0.717) is 24.1 Å². The minimum Gasteiger partial charge on any atom is -0.490 e. The van der Waals surface area contributed by atoms with Gasteiger partial charge in [0.15, 0.2) is 10.9 Å². The molecule has 3 nitrogen and oxygen atoms in total. The molecule has 21 heavy (non-hydrogen) atoms. The van der Waals surface area contributed by atoms with Crippen molar-refractivity contribution in [1.29, 1.82) is 0 Å². The SMILES string of the molecule is Clc1ncccc1OCCOc1ccc2ccccc2c1. The number of hydrogen-bond acceptors (Lipinski definition) is 3. The van der Waals surface area contributed by atoms with Crippen molar-refractivity contribution in [3.8, 4) is 11.5 Å². The van der Waals surface area contributed by atoms with E-state index in [1.54, 1.807) is 18.3 Å². The molecule has 3 aromatic rings. The number of benzene rings is 2. The van der Waals surface area contributed by atoms with Gasteiger partial charge in [-0.15, -0.1) is 0 Å². The van der Waals surface area contributed by atoms with Crippen LogP contribution in [0.5, 0.6) is 11.5 Å². The van der Waals surface area contributed by atoms with E-state index in [4.69, 9.17) is 21.1 Å². The maximum absolute atomic E-state index is 5.91. The van der Waals surface area contributed by atoms with Crippen molar-refractivity contribution in [1.82, 2.24) is 4.98 Å². The zero-order valence-corrected chi connectivity index (χ0v) is 12.1. The van der Waals surface area contributed by atoms with Crippen molar-refractivity contribution in [3.63, 3.8) is 0 Å². The minimum atomic E-state index is 0.364. The van der Waals surface area contributed by atoms with E-state index in [1.165, 1.54) is 5.39 Å². The van der Waals surface area contributed by atoms with Crippen molar-refractivity contribution in [3.05, 3.63) is 65.9 Å². The number of pyridine rings is 1. The summed E-state index contributed by atoms with van der Waals surface area (Å²) in [4.78, 5) is 3.95. The third-order valence-electron chi connectivity index (χ3n) is 3.06. The van der Waals surface area contributed by atoms with Crippen molar-refractivity contribution >= 4 is 22.4 Å². The molecular weight excluding hydrogens is 286 g/mol. The first-order valence-electron chi connectivity index (χ1n) is 6.68. The van der Waals surface area contributed by atoms with Crippen molar-refractivity contribution < 1.29 is 9.47 Å². The summed E-state index contributed by atoms with van der Waals surface area (Å²) in [5.74, 6) is 1.40. The Labute approximate surface area is 128 Å². The third kappa shape index (κ3) is 3.44. The molecule has 0 amide bonds. The molecule has 0 saturated carbocycles. The lowest BCUT2D eigenvalue weighted by Gasteiger charge is -2.09. The van der Waals surface area contributed by atoms with E-state index in [-0.39, 0.29) is 0 Å². The van der Waals surface area contributed by atoms with Crippen LogP contribution in [0.25, 0.3) is 10.8 Å². The van der Waals surface area contributed by atoms with Crippen LogP contribution in [0.2, 0.25) is 5.15 Å². The standard InChI is InChI=1S/C17H14ClNO2/c18-17-16(6-3-9-19-17)21-11-10-20-15-8-7-13-4-1-2-5-14(13)12-15/h1-9,12H,10-11H2. The van der Waals surface area contributed by atoms with Gasteiger partial charge in [-0.1, -0.05) is 41.9 Å². The summed E-state index contributed by atoms with van der Waals surface area (Å²) in [6.07, 6.45) is 1.63. The molecule has 1 heterocycles. The summed E-state index contributed by atoms with van der Waals surface area (Å²) in [5.41, 5.74) is 0. The Balaban J connectivity index is 1.56. The summed E-state index contributed by atoms with van der Waals surface area (Å²) in [7, 11) is 0. The Morgan fingerprint density at radius 1 is 0.857 bits per heavy atom. The second kappa shape index (κ2) is 6.46. The van der Waals surface area contributed by atoms with E-state index < -0.39 is 0 Å². The van der Waals surface area contributed by atoms with Crippen LogP contribution in [-0.2, 0) is 0 Å². The summed E-state index contributed by atoms with van der Waals surface area (Å²) >= 11 is 5.91. The Morgan fingerprint density at radius 2 is 1.67 bits per heavy atom. The van der Waals surface area contributed by atoms with Crippen LogP contribution in [0.4, 0.5) is 0 Å². The first-order chi connectivity index (χ1) is 10.3. The largest absolute Gasteiger partial charge is 0.490 e. The summed E-state index contributed by atoms with van der Waals surface area (Å²) in [6, 6.07) is 17.8. The Morgan fingerprint density at radius 3 is 2.52 bits per heavy atom. The molecule has 0 atom stereocenters. The number of aromatic nitrogens is 1. The van der Waals surface area contributed by atoms with Gasteiger partial charge in [0.05, 0.1) is 0 Å². The summed E-state index contributed by atoms with van der Waals surface area (Å²) in [5, 5.41) is 2.72. The lowest BCUT2D eigenvalue weighted by Crippen LogP contribution is -2.09. The van der Waals surface area contributed by atoms with Gasteiger partial charge >= 0.3 is 0 Å². The molecule has 0 aliphatic rings. The van der Waals surface area contributed by atoms with Gasteiger partial charge in [0.2, 0.25) is 0 Å². The summed E-state index contributed by atoms with van der Waals surface area (Å²) < 4.78 is 11.2. The molecule has 0 fully saturated rings. The monoisotopic (exact) mass is 299 g/mol. The first-order valence-corrected chi connectivity index (χ1v) is 7.06. The van der Waals surface area contributed by atoms with Crippen LogP contribution >= 0.6 is 11.6 Å². The third-order valence-corrected chi connectivity index (χ3v) is 3.34. The Kier molecular flexibility index (Phi) is 4.22. The molecule has 4 heteroatoms. The lowest BCUT2D eigenvalue weighted by atomic mass is 10.1. The van der Waals surface area contributed by atoms with Crippen LogP contribution in [0.3, 0.4) is 0 Å². The molecular formula is C17H14ClNO2. The number of nitrogens with zero attached hydrogens (tertiary/aromatic N) is 1. The second-order valence-corrected chi connectivity index (χ2v) is 4.86. The molecule has 0 aliphatic carbocycles. The Hall–Kier alpha value is -2.26. The number of hydrogen-bond donors (Lipinski definition) is 0.